The molecule has 0 saturated carbocycles. The number of hydrogen-bond acceptors (Lipinski definition) is 4. The zero-order valence-corrected chi connectivity index (χ0v) is 12.0. The van der Waals surface area contributed by atoms with Crippen molar-refractivity contribution in [2.75, 3.05) is 5.32 Å². The minimum Gasteiger partial charge on any atom is -0.423 e. The molecule has 5 nitrogen and oxygen atoms in total. The Morgan fingerprint density at radius 2 is 2.24 bits per heavy atom. The van der Waals surface area contributed by atoms with Crippen molar-refractivity contribution in [1.82, 2.24) is 14.8 Å². The molecule has 2 aromatic heterocycles. The Kier molecular flexibility index (Phi) is 4.00. The van der Waals surface area contributed by atoms with Gasteiger partial charge >= 0.3 is 0 Å². The van der Waals surface area contributed by atoms with Crippen LogP contribution in [0.15, 0.2) is 53.5 Å². The van der Waals surface area contributed by atoms with Crippen molar-refractivity contribution in [3.63, 3.8) is 0 Å². The normalized spacial score (nSPS) is 10.7. The number of nitrogens with zero attached hydrogens (tertiary/aromatic N) is 3. The predicted molar refractivity (Wildman–Crippen MR) is 81.8 cm³/mol. The average molecular weight is 282 g/mol. The fourth-order valence-electron chi connectivity index (χ4n) is 2.26. The lowest BCUT2D eigenvalue weighted by molar-refractivity contribution is 0.568. The summed E-state index contributed by atoms with van der Waals surface area (Å²) in [4.78, 5) is 0. The highest BCUT2D eigenvalue weighted by atomic mass is 16.4. The number of rotatable bonds is 6. The number of anilines is 1. The van der Waals surface area contributed by atoms with Gasteiger partial charge in [-0.25, -0.2) is 0 Å². The molecule has 0 radical (unpaired) electrons. The monoisotopic (exact) mass is 282 g/mol. The third-order valence-corrected chi connectivity index (χ3v) is 3.26. The Balaban J connectivity index is 1.66. The van der Waals surface area contributed by atoms with Crippen LogP contribution >= 0.6 is 0 Å². The maximum atomic E-state index is 5.21. The van der Waals surface area contributed by atoms with E-state index < -0.39 is 0 Å². The van der Waals surface area contributed by atoms with Crippen LogP contribution in [0.1, 0.15) is 18.9 Å². The van der Waals surface area contributed by atoms with Gasteiger partial charge in [-0.2, -0.15) is 0 Å². The molecule has 0 aliphatic carbocycles. The molecule has 1 aromatic carbocycles. The summed E-state index contributed by atoms with van der Waals surface area (Å²) in [5.74, 6) is 0.535. The molecule has 3 rings (SSSR count). The topological polar surface area (TPSA) is 55.9 Å². The first kappa shape index (κ1) is 13.4. The highest BCUT2D eigenvalue weighted by molar-refractivity contribution is 5.60. The van der Waals surface area contributed by atoms with Crippen LogP contribution in [-0.2, 0) is 13.1 Å². The first-order chi connectivity index (χ1) is 10.3. The highest BCUT2D eigenvalue weighted by Gasteiger charge is 2.04. The minimum absolute atomic E-state index is 0.535. The Hall–Kier alpha value is -2.56. The molecule has 2 heterocycles. The molecule has 108 valence electrons. The lowest BCUT2D eigenvalue weighted by Crippen LogP contribution is -1.99. The van der Waals surface area contributed by atoms with E-state index >= 15 is 0 Å². The van der Waals surface area contributed by atoms with Gasteiger partial charge < -0.3 is 14.3 Å². The summed E-state index contributed by atoms with van der Waals surface area (Å²) in [6, 6.07) is 10.1. The van der Waals surface area contributed by atoms with Crippen molar-refractivity contribution in [2.45, 2.75) is 26.4 Å². The van der Waals surface area contributed by atoms with Gasteiger partial charge in [0, 0.05) is 36.7 Å². The summed E-state index contributed by atoms with van der Waals surface area (Å²) in [6.45, 7) is 4.04. The van der Waals surface area contributed by atoms with E-state index in [0.29, 0.717) is 5.89 Å². The van der Waals surface area contributed by atoms with E-state index in [2.05, 4.69) is 45.5 Å². The Morgan fingerprint density at radius 1 is 1.29 bits per heavy atom. The van der Waals surface area contributed by atoms with Gasteiger partial charge in [-0.05, 0) is 36.2 Å². The number of aryl methyl sites for hydroxylation is 1. The van der Waals surface area contributed by atoms with Gasteiger partial charge in [0.2, 0.25) is 12.3 Å². The van der Waals surface area contributed by atoms with Crippen LogP contribution < -0.4 is 5.32 Å². The van der Waals surface area contributed by atoms with E-state index in [9.17, 15) is 0 Å². The highest BCUT2D eigenvalue weighted by Crippen LogP contribution is 2.20. The lowest BCUT2D eigenvalue weighted by atomic mass is 10.2. The average Bonchev–Trinajstić information content (AvgIpc) is 3.18. The zero-order chi connectivity index (χ0) is 14.5. The molecule has 0 atom stereocenters. The molecule has 0 amide bonds. The van der Waals surface area contributed by atoms with Gasteiger partial charge in [0.1, 0.15) is 0 Å². The SMILES string of the molecule is CCCn1ccc(CNc2cccc(-c3nnco3)c2)c1. The summed E-state index contributed by atoms with van der Waals surface area (Å²) < 4.78 is 7.43. The summed E-state index contributed by atoms with van der Waals surface area (Å²) in [5, 5.41) is 11.0. The van der Waals surface area contributed by atoms with Crippen LogP contribution in [0.3, 0.4) is 0 Å². The number of nitrogens with one attached hydrogen (secondary N) is 1. The van der Waals surface area contributed by atoms with Crippen molar-refractivity contribution in [1.29, 1.82) is 0 Å². The molecule has 0 bridgehead atoms. The molecule has 3 aromatic rings. The van der Waals surface area contributed by atoms with Crippen molar-refractivity contribution in [3.8, 4) is 11.5 Å². The van der Waals surface area contributed by atoms with Gasteiger partial charge in [-0.15, -0.1) is 10.2 Å². The van der Waals surface area contributed by atoms with Gasteiger partial charge in [0.15, 0.2) is 0 Å². The predicted octanol–water partition coefficient (Wildman–Crippen LogP) is 3.56. The van der Waals surface area contributed by atoms with Crippen molar-refractivity contribution >= 4 is 5.69 Å². The minimum atomic E-state index is 0.535. The smallest absolute Gasteiger partial charge is 0.247 e. The van der Waals surface area contributed by atoms with Crippen LogP contribution in [0.25, 0.3) is 11.5 Å². The van der Waals surface area contributed by atoms with Crippen LogP contribution in [-0.4, -0.2) is 14.8 Å². The fraction of sp³-hybridized carbons (Fsp3) is 0.250. The first-order valence-corrected chi connectivity index (χ1v) is 7.10. The van der Waals surface area contributed by atoms with Gasteiger partial charge in [0.05, 0.1) is 0 Å². The maximum Gasteiger partial charge on any atom is 0.247 e. The third-order valence-electron chi connectivity index (χ3n) is 3.26. The van der Waals surface area contributed by atoms with E-state index in [-0.39, 0.29) is 0 Å². The molecule has 0 unspecified atom stereocenters. The van der Waals surface area contributed by atoms with Gasteiger partial charge in [0.25, 0.3) is 0 Å². The number of benzene rings is 1. The van der Waals surface area contributed by atoms with E-state index in [1.807, 2.05) is 24.3 Å². The molecule has 0 aliphatic rings. The van der Waals surface area contributed by atoms with Crippen LogP contribution in [0, 0.1) is 0 Å². The largest absolute Gasteiger partial charge is 0.423 e. The summed E-state index contributed by atoms with van der Waals surface area (Å²) in [5.41, 5.74) is 3.22. The first-order valence-electron chi connectivity index (χ1n) is 7.10. The number of aromatic nitrogens is 3. The van der Waals surface area contributed by atoms with Crippen LogP contribution in [0.4, 0.5) is 5.69 Å². The Morgan fingerprint density at radius 3 is 3.05 bits per heavy atom. The van der Waals surface area contributed by atoms with Crippen molar-refractivity contribution < 1.29 is 4.42 Å². The summed E-state index contributed by atoms with van der Waals surface area (Å²) >= 11 is 0. The summed E-state index contributed by atoms with van der Waals surface area (Å²) in [6.07, 6.45) is 6.79. The molecular formula is C16H18N4O. The van der Waals surface area contributed by atoms with Crippen molar-refractivity contribution in [2.24, 2.45) is 0 Å². The molecule has 1 N–H and O–H groups in total. The van der Waals surface area contributed by atoms with E-state index in [1.54, 1.807) is 0 Å². The Labute approximate surface area is 123 Å². The van der Waals surface area contributed by atoms with Gasteiger partial charge in [-0.1, -0.05) is 13.0 Å². The lowest BCUT2D eigenvalue weighted by Gasteiger charge is -2.06. The van der Waals surface area contributed by atoms with E-state index in [1.165, 1.54) is 12.0 Å². The summed E-state index contributed by atoms with van der Waals surface area (Å²) in [7, 11) is 0. The molecule has 0 aliphatic heterocycles. The zero-order valence-electron chi connectivity index (χ0n) is 12.0. The quantitative estimate of drug-likeness (QED) is 0.751. The molecule has 0 fully saturated rings. The molecule has 21 heavy (non-hydrogen) atoms. The van der Waals surface area contributed by atoms with Crippen LogP contribution in [0.5, 0.6) is 0 Å². The molecular weight excluding hydrogens is 264 g/mol. The standard InChI is InChI=1S/C16H18N4O/c1-2-7-20-8-6-13(11-20)10-17-15-5-3-4-14(9-15)16-19-18-12-21-16/h3-6,8-9,11-12,17H,2,7,10H2,1H3. The Bertz CT molecular complexity index is 688. The second-order valence-corrected chi connectivity index (χ2v) is 4.94. The molecule has 5 heteroatoms. The second kappa shape index (κ2) is 6.26. The van der Waals surface area contributed by atoms with E-state index in [0.717, 1.165) is 30.8 Å². The molecule has 0 saturated heterocycles. The fourth-order valence-corrected chi connectivity index (χ4v) is 2.26. The third kappa shape index (κ3) is 3.31. The maximum absolute atomic E-state index is 5.21. The number of hydrogen-bond donors (Lipinski definition) is 1. The second-order valence-electron chi connectivity index (χ2n) is 4.94. The van der Waals surface area contributed by atoms with Gasteiger partial charge in [-0.3, -0.25) is 0 Å². The van der Waals surface area contributed by atoms with Crippen molar-refractivity contribution in [3.05, 3.63) is 54.7 Å². The molecule has 0 spiro atoms. The van der Waals surface area contributed by atoms with Crippen LogP contribution in [0.2, 0.25) is 0 Å². The van der Waals surface area contributed by atoms with E-state index in [4.69, 9.17) is 4.42 Å².